The molecule has 2 aliphatic rings. The number of likely N-dealkylation sites (tertiary alicyclic amines) is 1. The van der Waals surface area contributed by atoms with Crippen molar-refractivity contribution in [3.05, 3.63) is 0 Å². The number of nitrogens with zero attached hydrogens (tertiary/aromatic N) is 1. The predicted octanol–water partition coefficient (Wildman–Crippen LogP) is 2.13. The van der Waals surface area contributed by atoms with Gasteiger partial charge < -0.3 is 0 Å². The zero-order valence-electron chi connectivity index (χ0n) is 8.55. The molecular formula is C12H19N. The highest BCUT2D eigenvalue weighted by molar-refractivity contribution is 4.98. The maximum absolute atomic E-state index is 3.15. The van der Waals surface area contributed by atoms with Crippen LogP contribution in [0.2, 0.25) is 0 Å². The Kier molecular flexibility index (Phi) is 2.90. The largest absolute Gasteiger partial charge is 0.292 e. The first-order valence-electron chi connectivity index (χ1n) is 5.52. The third kappa shape index (κ3) is 2.48. The van der Waals surface area contributed by atoms with Crippen LogP contribution >= 0.6 is 0 Å². The number of hydrogen-bond acceptors (Lipinski definition) is 1. The summed E-state index contributed by atoms with van der Waals surface area (Å²) in [6.45, 7) is 5.50. The van der Waals surface area contributed by atoms with Crippen molar-refractivity contribution in [2.24, 2.45) is 11.8 Å². The lowest BCUT2D eigenvalue weighted by molar-refractivity contribution is 0.190. The van der Waals surface area contributed by atoms with Gasteiger partial charge in [-0.15, -0.1) is 5.92 Å². The van der Waals surface area contributed by atoms with Gasteiger partial charge in [0, 0.05) is 0 Å². The van der Waals surface area contributed by atoms with Gasteiger partial charge in [0.05, 0.1) is 6.54 Å². The second-order valence-corrected chi connectivity index (χ2v) is 4.38. The van der Waals surface area contributed by atoms with Crippen molar-refractivity contribution in [3.8, 4) is 11.8 Å². The molecule has 1 nitrogen and oxygen atoms in total. The molecule has 0 radical (unpaired) electrons. The van der Waals surface area contributed by atoms with Gasteiger partial charge in [0.2, 0.25) is 0 Å². The van der Waals surface area contributed by atoms with Crippen LogP contribution in [0.5, 0.6) is 0 Å². The van der Waals surface area contributed by atoms with E-state index < -0.39 is 0 Å². The first-order chi connectivity index (χ1) is 6.40. The van der Waals surface area contributed by atoms with Crippen molar-refractivity contribution in [1.29, 1.82) is 0 Å². The fourth-order valence-electron chi connectivity index (χ4n) is 2.34. The van der Waals surface area contributed by atoms with Gasteiger partial charge in [0.15, 0.2) is 0 Å². The minimum Gasteiger partial charge on any atom is -0.292 e. The number of piperidine rings is 1. The Morgan fingerprint density at radius 3 is 2.23 bits per heavy atom. The quantitative estimate of drug-likeness (QED) is 0.584. The van der Waals surface area contributed by atoms with Crippen LogP contribution in [0.3, 0.4) is 0 Å². The molecule has 1 heteroatoms. The van der Waals surface area contributed by atoms with Crippen LogP contribution in [-0.4, -0.2) is 24.5 Å². The van der Waals surface area contributed by atoms with Crippen molar-refractivity contribution in [3.63, 3.8) is 0 Å². The van der Waals surface area contributed by atoms with E-state index >= 15 is 0 Å². The third-order valence-corrected chi connectivity index (χ3v) is 3.40. The lowest BCUT2D eigenvalue weighted by atomic mass is 9.92. The van der Waals surface area contributed by atoms with Crippen LogP contribution < -0.4 is 0 Å². The molecule has 72 valence electrons. The van der Waals surface area contributed by atoms with Gasteiger partial charge in [-0.1, -0.05) is 5.92 Å². The van der Waals surface area contributed by atoms with E-state index in [1.807, 2.05) is 6.92 Å². The highest BCUT2D eigenvalue weighted by Gasteiger charge is 2.32. The summed E-state index contributed by atoms with van der Waals surface area (Å²) in [6, 6.07) is 0. The Morgan fingerprint density at radius 1 is 1.08 bits per heavy atom. The highest BCUT2D eigenvalue weighted by Crippen LogP contribution is 2.41. The molecule has 0 atom stereocenters. The Morgan fingerprint density at radius 2 is 1.69 bits per heavy atom. The van der Waals surface area contributed by atoms with E-state index in [1.54, 1.807) is 0 Å². The van der Waals surface area contributed by atoms with Crippen LogP contribution in [0.15, 0.2) is 0 Å². The van der Waals surface area contributed by atoms with Gasteiger partial charge in [-0.3, -0.25) is 4.90 Å². The molecule has 2 rings (SSSR count). The molecule has 13 heavy (non-hydrogen) atoms. The lowest BCUT2D eigenvalue weighted by Gasteiger charge is -2.30. The van der Waals surface area contributed by atoms with Crippen LogP contribution in [0.25, 0.3) is 0 Å². The second kappa shape index (κ2) is 4.15. The standard InChI is InChI=1S/C12H19N/c1-2-3-8-13-9-6-12(7-10-13)11-4-5-11/h11-12H,4-10H2,1H3. The molecule has 0 amide bonds. The van der Waals surface area contributed by atoms with Gasteiger partial charge in [-0.25, -0.2) is 0 Å². The van der Waals surface area contributed by atoms with Crippen molar-refractivity contribution < 1.29 is 0 Å². The molecule has 1 saturated carbocycles. The second-order valence-electron chi connectivity index (χ2n) is 4.38. The SMILES string of the molecule is CC#CCN1CCC(C2CC2)CC1. The first kappa shape index (κ1) is 9.09. The van der Waals surface area contributed by atoms with Gasteiger partial charge in [0.1, 0.15) is 0 Å². The van der Waals surface area contributed by atoms with E-state index in [2.05, 4.69) is 16.7 Å². The zero-order chi connectivity index (χ0) is 9.10. The molecule has 1 aliphatic carbocycles. The molecule has 0 aromatic rings. The van der Waals surface area contributed by atoms with E-state index in [1.165, 1.54) is 38.8 Å². The highest BCUT2D eigenvalue weighted by atomic mass is 15.1. The molecule has 1 heterocycles. The summed E-state index contributed by atoms with van der Waals surface area (Å²) >= 11 is 0. The summed E-state index contributed by atoms with van der Waals surface area (Å²) in [6.07, 6.45) is 5.88. The summed E-state index contributed by atoms with van der Waals surface area (Å²) in [7, 11) is 0. The van der Waals surface area contributed by atoms with Gasteiger partial charge in [-0.05, 0) is 57.5 Å². The Hall–Kier alpha value is -0.480. The maximum Gasteiger partial charge on any atom is 0.0601 e. The van der Waals surface area contributed by atoms with Crippen molar-refractivity contribution in [2.75, 3.05) is 19.6 Å². The minimum atomic E-state index is 0.994. The van der Waals surface area contributed by atoms with Crippen LogP contribution in [0.4, 0.5) is 0 Å². The van der Waals surface area contributed by atoms with Gasteiger partial charge in [-0.2, -0.15) is 0 Å². The van der Waals surface area contributed by atoms with Crippen molar-refractivity contribution >= 4 is 0 Å². The molecule has 1 saturated heterocycles. The van der Waals surface area contributed by atoms with E-state index in [-0.39, 0.29) is 0 Å². The summed E-state index contributed by atoms with van der Waals surface area (Å²) in [5, 5.41) is 0. The van der Waals surface area contributed by atoms with E-state index in [0.29, 0.717) is 0 Å². The van der Waals surface area contributed by atoms with Crippen molar-refractivity contribution in [1.82, 2.24) is 4.90 Å². The molecule has 2 fully saturated rings. The predicted molar refractivity (Wildman–Crippen MR) is 55.3 cm³/mol. The fourth-order valence-corrected chi connectivity index (χ4v) is 2.34. The molecule has 0 bridgehead atoms. The van der Waals surface area contributed by atoms with E-state index in [4.69, 9.17) is 0 Å². The molecular weight excluding hydrogens is 158 g/mol. The topological polar surface area (TPSA) is 3.24 Å². The smallest absolute Gasteiger partial charge is 0.0601 e. The van der Waals surface area contributed by atoms with Crippen molar-refractivity contribution in [2.45, 2.75) is 32.6 Å². The Bertz CT molecular complexity index is 211. The van der Waals surface area contributed by atoms with Gasteiger partial charge in [0.25, 0.3) is 0 Å². The van der Waals surface area contributed by atoms with E-state index in [9.17, 15) is 0 Å². The van der Waals surface area contributed by atoms with Crippen LogP contribution in [0, 0.1) is 23.7 Å². The monoisotopic (exact) mass is 177 g/mol. The third-order valence-electron chi connectivity index (χ3n) is 3.40. The normalized spacial score (nSPS) is 25.3. The fraction of sp³-hybridized carbons (Fsp3) is 0.833. The maximum atomic E-state index is 3.15. The summed E-state index contributed by atoms with van der Waals surface area (Å²) < 4.78 is 0. The minimum absolute atomic E-state index is 0.994. The summed E-state index contributed by atoms with van der Waals surface area (Å²) in [5.41, 5.74) is 0. The molecule has 0 spiro atoms. The lowest BCUT2D eigenvalue weighted by Crippen LogP contribution is -2.34. The number of rotatable bonds is 2. The zero-order valence-corrected chi connectivity index (χ0v) is 8.55. The summed E-state index contributed by atoms with van der Waals surface area (Å²) in [5.74, 6) is 8.29. The van der Waals surface area contributed by atoms with Crippen LogP contribution in [-0.2, 0) is 0 Å². The summed E-state index contributed by atoms with van der Waals surface area (Å²) in [4.78, 5) is 2.50. The Labute approximate surface area is 81.5 Å². The average molecular weight is 177 g/mol. The van der Waals surface area contributed by atoms with Crippen LogP contribution in [0.1, 0.15) is 32.6 Å². The first-order valence-corrected chi connectivity index (χ1v) is 5.52. The van der Waals surface area contributed by atoms with Gasteiger partial charge >= 0.3 is 0 Å². The molecule has 0 aromatic heterocycles. The number of hydrogen-bond donors (Lipinski definition) is 0. The Balaban J connectivity index is 1.71. The molecule has 0 aromatic carbocycles. The molecule has 0 unspecified atom stereocenters. The average Bonchev–Trinajstić information content (AvgIpc) is 2.99. The molecule has 1 aliphatic heterocycles. The van der Waals surface area contributed by atoms with E-state index in [0.717, 1.165) is 18.4 Å². The molecule has 0 N–H and O–H groups in total.